The minimum atomic E-state index is -4.45. The number of alkyl halides is 3. The number of allylic oxidation sites excluding steroid dienone is 1. The van der Waals surface area contributed by atoms with Crippen molar-refractivity contribution in [1.82, 2.24) is 5.32 Å². The molecule has 1 aromatic rings. The van der Waals surface area contributed by atoms with Crippen molar-refractivity contribution in [3.63, 3.8) is 0 Å². The number of hydrogen-bond acceptors (Lipinski definition) is 2. The second kappa shape index (κ2) is 8.42. The normalized spacial score (nSPS) is 14.9. The van der Waals surface area contributed by atoms with Gasteiger partial charge >= 0.3 is 6.18 Å². The summed E-state index contributed by atoms with van der Waals surface area (Å²) in [5.41, 5.74) is 0.645. The van der Waals surface area contributed by atoms with E-state index in [4.69, 9.17) is 11.6 Å². The van der Waals surface area contributed by atoms with E-state index in [1.165, 1.54) is 24.5 Å². The highest BCUT2D eigenvalue weighted by molar-refractivity contribution is 6.33. The van der Waals surface area contributed by atoms with Gasteiger partial charge in [0.1, 0.15) is 0 Å². The molecular weight excluding hydrogens is 341 g/mol. The molecule has 0 aliphatic heterocycles. The lowest BCUT2D eigenvalue weighted by Gasteiger charge is -2.14. The fourth-order valence-corrected chi connectivity index (χ4v) is 2.75. The molecule has 0 saturated carbocycles. The fourth-order valence-electron chi connectivity index (χ4n) is 2.57. The third-order valence-electron chi connectivity index (χ3n) is 3.89. The summed E-state index contributed by atoms with van der Waals surface area (Å²) in [4.78, 5) is 11.8. The Morgan fingerprint density at radius 1 is 1.25 bits per heavy atom. The van der Waals surface area contributed by atoms with Crippen LogP contribution in [-0.2, 0) is 11.0 Å². The van der Waals surface area contributed by atoms with Gasteiger partial charge in [-0.3, -0.25) is 4.79 Å². The molecule has 1 aromatic carbocycles. The lowest BCUT2D eigenvalue weighted by Crippen LogP contribution is -2.31. The molecule has 0 saturated heterocycles. The number of carbonyl (C=O) groups excluding carboxylic acids is 1. The number of hydrogen-bond donors (Lipinski definition) is 2. The van der Waals surface area contributed by atoms with Gasteiger partial charge < -0.3 is 10.6 Å². The fraction of sp³-hybridized carbons (Fsp3) is 0.471. The van der Waals surface area contributed by atoms with Crippen molar-refractivity contribution in [2.24, 2.45) is 0 Å². The molecule has 24 heavy (non-hydrogen) atoms. The van der Waals surface area contributed by atoms with Crippen molar-refractivity contribution in [2.75, 3.05) is 18.4 Å². The van der Waals surface area contributed by atoms with Crippen LogP contribution in [0.2, 0.25) is 5.02 Å². The van der Waals surface area contributed by atoms with Crippen molar-refractivity contribution < 1.29 is 18.0 Å². The largest absolute Gasteiger partial charge is 0.416 e. The lowest BCUT2D eigenvalue weighted by molar-refractivity contribution is -0.137. The lowest BCUT2D eigenvalue weighted by atomic mass is 9.97. The topological polar surface area (TPSA) is 41.1 Å². The van der Waals surface area contributed by atoms with Crippen LogP contribution in [0.25, 0.3) is 0 Å². The van der Waals surface area contributed by atoms with E-state index in [0.29, 0.717) is 6.54 Å². The number of anilines is 1. The second-order valence-corrected chi connectivity index (χ2v) is 6.16. The molecule has 1 amide bonds. The number of halogens is 4. The molecule has 2 rings (SSSR count). The van der Waals surface area contributed by atoms with E-state index < -0.39 is 11.7 Å². The van der Waals surface area contributed by atoms with Gasteiger partial charge in [0.25, 0.3) is 0 Å². The summed E-state index contributed by atoms with van der Waals surface area (Å²) >= 11 is 5.87. The first-order valence-corrected chi connectivity index (χ1v) is 8.29. The molecule has 0 spiro atoms. The Morgan fingerprint density at radius 3 is 2.71 bits per heavy atom. The zero-order chi connectivity index (χ0) is 17.6. The SMILES string of the molecule is O=C(CNc1cc(C(F)(F)F)ccc1Cl)NCCC1=CCCCC1. The van der Waals surface area contributed by atoms with Crippen LogP contribution in [0, 0.1) is 0 Å². The molecule has 132 valence electrons. The molecule has 1 aliphatic carbocycles. The van der Waals surface area contributed by atoms with Crippen molar-refractivity contribution in [1.29, 1.82) is 0 Å². The van der Waals surface area contributed by atoms with Crippen LogP contribution in [0.15, 0.2) is 29.8 Å². The van der Waals surface area contributed by atoms with Crippen LogP contribution in [0.3, 0.4) is 0 Å². The Kier molecular flexibility index (Phi) is 6.54. The van der Waals surface area contributed by atoms with E-state index in [2.05, 4.69) is 16.7 Å². The molecule has 0 fully saturated rings. The average Bonchev–Trinajstić information content (AvgIpc) is 2.54. The zero-order valence-electron chi connectivity index (χ0n) is 13.2. The van der Waals surface area contributed by atoms with Crippen molar-refractivity contribution in [2.45, 2.75) is 38.3 Å². The first kappa shape index (κ1) is 18.6. The van der Waals surface area contributed by atoms with Gasteiger partial charge in [-0.2, -0.15) is 13.2 Å². The highest BCUT2D eigenvalue weighted by Gasteiger charge is 2.30. The van der Waals surface area contributed by atoms with Gasteiger partial charge in [-0.05, 0) is 50.3 Å². The van der Waals surface area contributed by atoms with Crippen LogP contribution in [-0.4, -0.2) is 19.0 Å². The maximum Gasteiger partial charge on any atom is 0.416 e. The van der Waals surface area contributed by atoms with Gasteiger partial charge in [0.15, 0.2) is 0 Å². The van der Waals surface area contributed by atoms with Crippen LogP contribution in [0.4, 0.5) is 18.9 Å². The summed E-state index contributed by atoms with van der Waals surface area (Å²) < 4.78 is 38.1. The van der Waals surface area contributed by atoms with Crippen LogP contribution in [0.5, 0.6) is 0 Å². The summed E-state index contributed by atoms with van der Waals surface area (Å²) in [6.45, 7) is 0.406. The Morgan fingerprint density at radius 2 is 2.04 bits per heavy atom. The third-order valence-corrected chi connectivity index (χ3v) is 4.22. The first-order valence-electron chi connectivity index (χ1n) is 7.91. The van der Waals surface area contributed by atoms with Gasteiger partial charge in [-0.15, -0.1) is 0 Å². The molecular formula is C17H20ClF3N2O. The van der Waals surface area contributed by atoms with E-state index in [9.17, 15) is 18.0 Å². The number of nitrogens with one attached hydrogen (secondary N) is 2. The molecule has 1 aliphatic rings. The average molecular weight is 361 g/mol. The van der Waals surface area contributed by atoms with Gasteiger partial charge in [-0.25, -0.2) is 0 Å². The van der Waals surface area contributed by atoms with Crippen molar-refractivity contribution in [3.8, 4) is 0 Å². The van der Waals surface area contributed by atoms with E-state index in [1.807, 2.05) is 0 Å². The standard InChI is InChI=1S/C17H20ClF3N2O/c18-14-7-6-13(17(19,20)21)10-15(14)23-11-16(24)22-9-8-12-4-2-1-3-5-12/h4,6-7,10,23H,1-3,5,8-9,11H2,(H,22,24). The first-order chi connectivity index (χ1) is 11.4. The maximum atomic E-state index is 12.7. The quantitative estimate of drug-likeness (QED) is 0.717. The Balaban J connectivity index is 1.80. The summed E-state index contributed by atoms with van der Waals surface area (Å²) in [5.74, 6) is -0.278. The summed E-state index contributed by atoms with van der Waals surface area (Å²) in [5, 5.41) is 5.55. The van der Waals surface area contributed by atoms with Gasteiger partial charge in [0, 0.05) is 6.54 Å². The molecule has 0 unspecified atom stereocenters. The minimum Gasteiger partial charge on any atom is -0.375 e. The van der Waals surface area contributed by atoms with Gasteiger partial charge in [-0.1, -0.05) is 23.3 Å². The third kappa shape index (κ3) is 5.74. The summed E-state index contributed by atoms with van der Waals surface area (Å²) in [6.07, 6.45) is 3.17. The molecule has 7 heteroatoms. The predicted octanol–water partition coefficient (Wildman–Crippen LogP) is 4.78. The smallest absolute Gasteiger partial charge is 0.375 e. The summed E-state index contributed by atoms with van der Waals surface area (Å²) in [6, 6.07) is 2.98. The maximum absolute atomic E-state index is 12.7. The van der Waals surface area contributed by atoms with E-state index in [-0.39, 0.29) is 23.2 Å². The second-order valence-electron chi connectivity index (χ2n) is 5.75. The van der Waals surface area contributed by atoms with Crippen LogP contribution >= 0.6 is 11.6 Å². The Labute approximate surface area is 144 Å². The highest BCUT2D eigenvalue weighted by atomic mass is 35.5. The van der Waals surface area contributed by atoms with Gasteiger partial charge in [0.2, 0.25) is 5.91 Å². The van der Waals surface area contributed by atoms with Crippen molar-refractivity contribution >= 4 is 23.2 Å². The van der Waals surface area contributed by atoms with E-state index in [0.717, 1.165) is 31.4 Å². The van der Waals surface area contributed by atoms with Crippen LogP contribution in [0.1, 0.15) is 37.7 Å². The highest BCUT2D eigenvalue weighted by Crippen LogP contribution is 2.33. The number of rotatable bonds is 6. The molecule has 3 nitrogen and oxygen atoms in total. The van der Waals surface area contributed by atoms with Crippen LogP contribution < -0.4 is 10.6 Å². The number of amides is 1. The van der Waals surface area contributed by atoms with E-state index in [1.54, 1.807) is 0 Å². The molecule has 0 radical (unpaired) electrons. The molecule has 0 bridgehead atoms. The van der Waals surface area contributed by atoms with E-state index >= 15 is 0 Å². The zero-order valence-corrected chi connectivity index (χ0v) is 13.9. The molecule has 2 N–H and O–H groups in total. The van der Waals surface area contributed by atoms with Gasteiger partial charge in [0.05, 0.1) is 22.8 Å². The number of benzene rings is 1. The predicted molar refractivity (Wildman–Crippen MR) is 89.1 cm³/mol. The Bertz CT molecular complexity index is 614. The minimum absolute atomic E-state index is 0.0941. The summed E-state index contributed by atoms with van der Waals surface area (Å²) in [7, 11) is 0. The molecule has 0 atom stereocenters. The molecule has 0 heterocycles. The number of carbonyl (C=O) groups is 1. The monoisotopic (exact) mass is 360 g/mol. The van der Waals surface area contributed by atoms with Crippen molar-refractivity contribution in [3.05, 3.63) is 40.4 Å². The molecule has 0 aromatic heterocycles. The Hall–Kier alpha value is -1.69.